The van der Waals surface area contributed by atoms with E-state index in [1.165, 1.54) is 6.07 Å². The molecule has 0 amide bonds. The molecule has 0 unspecified atom stereocenters. The molecule has 98 valence electrons. The molecule has 1 aromatic carbocycles. The number of benzene rings is 1. The number of aromatic nitrogens is 1. The number of aryl methyl sites for hydroxylation is 1. The number of halogens is 1. The molecule has 0 bridgehead atoms. The number of aliphatic carboxylic acids is 1. The van der Waals surface area contributed by atoms with Crippen LogP contribution < -0.4 is 5.43 Å². The van der Waals surface area contributed by atoms with E-state index in [0.717, 1.165) is 11.4 Å². The standard InChI is InChI=1S/C14H12ClNO3/c1-9-5-13(17)10(6-14(18)19)8-16(9)12-4-2-3-11(15)7-12/h2-5,7-8H,6H2,1H3,(H,18,19). The van der Waals surface area contributed by atoms with Crippen LogP contribution in [-0.4, -0.2) is 15.6 Å². The first-order chi connectivity index (χ1) is 8.97. The Balaban J connectivity index is 2.57. The highest BCUT2D eigenvalue weighted by Gasteiger charge is 2.09. The van der Waals surface area contributed by atoms with Gasteiger partial charge in [-0.25, -0.2) is 0 Å². The lowest BCUT2D eigenvalue weighted by Crippen LogP contribution is -2.17. The van der Waals surface area contributed by atoms with Crippen LogP contribution >= 0.6 is 11.6 Å². The van der Waals surface area contributed by atoms with E-state index < -0.39 is 5.97 Å². The molecule has 2 aromatic rings. The Bertz CT molecular complexity index is 691. The van der Waals surface area contributed by atoms with Gasteiger partial charge in [0.15, 0.2) is 5.43 Å². The summed E-state index contributed by atoms with van der Waals surface area (Å²) in [4.78, 5) is 22.5. The fourth-order valence-electron chi connectivity index (χ4n) is 1.87. The summed E-state index contributed by atoms with van der Waals surface area (Å²) in [6, 6.07) is 8.57. The Morgan fingerprint density at radius 1 is 1.37 bits per heavy atom. The van der Waals surface area contributed by atoms with Gasteiger partial charge in [0, 0.05) is 34.2 Å². The summed E-state index contributed by atoms with van der Waals surface area (Å²) in [6.45, 7) is 1.78. The normalized spacial score (nSPS) is 10.4. The maximum Gasteiger partial charge on any atom is 0.308 e. The van der Waals surface area contributed by atoms with Crippen molar-refractivity contribution in [3.05, 3.63) is 63.0 Å². The van der Waals surface area contributed by atoms with Gasteiger partial charge in [-0.05, 0) is 25.1 Å². The Labute approximate surface area is 114 Å². The van der Waals surface area contributed by atoms with Gasteiger partial charge in [-0.1, -0.05) is 17.7 Å². The predicted molar refractivity (Wildman–Crippen MR) is 73.1 cm³/mol. The fourth-order valence-corrected chi connectivity index (χ4v) is 2.06. The summed E-state index contributed by atoms with van der Waals surface area (Å²) >= 11 is 5.93. The first-order valence-electron chi connectivity index (χ1n) is 5.67. The topological polar surface area (TPSA) is 59.3 Å². The van der Waals surface area contributed by atoms with Crippen molar-refractivity contribution in [2.45, 2.75) is 13.3 Å². The van der Waals surface area contributed by atoms with E-state index in [9.17, 15) is 9.59 Å². The fraction of sp³-hybridized carbons (Fsp3) is 0.143. The SMILES string of the molecule is Cc1cc(=O)c(CC(=O)O)cn1-c1cccc(Cl)c1. The lowest BCUT2D eigenvalue weighted by atomic mass is 10.1. The number of nitrogens with zero attached hydrogens (tertiary/aromatic N) is 1. The molecule has 0 saturated carbocycles. The molecule has 5 heteroatoms. The van der Waals surface area contributed by atoms with Gasteiger partial charge >= 0.3 is 5.97 Å². The summed E-state index contributed by atoms with van der Waals surface area (Å²) in [7, 11) is 0. The first kappa shape index (κ1) is 13.4. The van der Waals surface area contributed by atoms with E-state index in [1.807, 2.05) is 6.07 Å². The van der Waals surface area contributed by atoms with Crippen molar-refractivity contribution in [2.24, 2.45) is 0 Å². The number of carbonyl (C=O) groups is 1. The summed E-state index contributed by atoms with van der Waals surface area (Å²) in [5, 5.41) is 9.38. The van der Waals surface area contributed by atoms with Crippen LogP contribution in [-0.2, 0) is 11.2 Å². The van der Waals surface area contributed by atoms with Crippen molar-refractivity contribution in [3.8, 4) is 5.69 Å². The van der Waals surface area contributed by atoms with Crippen LogP contribution in [0.3, 0.4) is 0 Å². The van der Waals surface area contributed by atoms with Gasteiger partial charge < -0.3 is 9.67 Å². The van der Waals surface area contributed by atoms with Crippen molar-refractivity contribution < 1.29 is 9.90 Å². The highest BCUT2D eigenvalue weighted by molar-refractivity contribution is 6.30. The second kappa shape index (κ2) is 5.28. The average Bonchev–Trinajstić information content (AvgIpc) is 2.32. The molecule has 1 N–H and O–H groups in total. The Morgan fingerprint density at radius 3 is 2.74 bits per heavy atom. The number of carboxylic acids is 1. The van der Waals surface area contributed by atoms with Gasteiger partial charge in [0.05, 0.1) is 6.42 Å². The monoisotopic (exact) mass is 277 g/mol. The van der Waals surface area contributed by atoms with Crippen molar-refractivity contribution in [1.29, 1.82) is 0 Å². The molecule has 0 saturated heterocycles. The van der Waals surface area contributed by atoms with Gasteiger partial charge in [-0.3, -0.25) is 9.59 Å². The zero-order valence-corrected chi connectivity index (χ0v) is 11.0. The average molecular weight is 278 g/mol. The zero-order valence-electron chi connectivity index (χ0n) is 10.3. The molecule has 0 aliphatic rings. The maximum atomic E-state index is 11.7. The third kappa shape index (κ3) is 3.03. The first-order valence-corrected chi connectivity index (χ1v) is 6.05. The molecule has 0 spiro atoms. The number of carboxylic acid groups (broad SMARTS) is 1. The van der Waals surface area contributed by atoms with Crippen LogP contribution in [0.25, 0.3) is 5.69 Å². The van der Waals surface area contributed by atoms with E-state index in [0.29, 0.717) is 5.02 Å². The van der Waals surface area contributed by atoms with E-state index >= 15 is 0 Å². The highest BCUT2D eigenvalue weighted by atomic mass is 35.5. The molecule has 1 heterocycles. The number of hydrogen-bond acceptors (Lipinski definition) is 2. The van der Waals surface area contributed by atoms with E-state index in [4.69, 9.17) is 16.7 Å². The number of pyridine rings is 1. The minimum Gasteiger partial charge on any atom is -0.481 e. The second-order valence-corrected chi connectivity index (χ2v) is 4.66. The van der Waals surface area contributed by atoms with Crippen LogP contribution in [0, 0.1) is 6.92 Å². The smallest absolute Gasteiger partial charge is 0.308 e. The van der Waals surface area contributed by atoms with Gasteiger partial charge in [0.1, 0.15) is 0 Å². The quantitative estimate of drug-likeness (QED) is 0.937. The van der Waals surface area contributed by atoms with Crippen LogP contribution in [0.2, 0.25) is 5.02 Å². The lowest BCUT2D eigenvalue weighted by Gasteiger charge is -2.12. The van der Waals surface area contributed by atoms with Crippen LogP contribution in [0.1, 0.15) is 11.3 Å². The molecule has 4 nitrogen and oxygen atoms in total. The van der Waals surface area contributed by atoms with Crippen LogP contribution in [0.15, 0.2) is 41.3 Å². The maximum absolute atomic E-state index is 11.7. The third-order valence-electron chi connectivity index (χ3n) is 2.75. The van der Waals surface area contributed by atoms with E-state index in [1.54, 1.807) is 35.9 Å². The van der Waals surface area contributed by atoms with Crippen molar-refractivity contribution >= 4 is 17.6 Å². The molecule has 0 radical (unpaired) electrons. The van der Waals surface area contributed by atoms with Crippen molar-refractivity contribution in [3.63, 3.8) is 0 Å². The minimum absolute atomic E-state index is 0.248. The summed E-state index contributed by atoms with van der Waals surface area (Å²) < 4.78 is 1.76. The summed E-state index contributed by atoms with van der Waals surface area (Å²) in [5.74, 6) is -1.03. The van der Waals surface area contributed by atoms with E-state index in [-0.39, 0.29) is 17.4 Å². The molecule has 0 atom stereocenters. The molecular weight excluding hydrogens is 266 g/mol. The Kier molecular flexibility index (Phi) is 3.71. The van der Waals surface area contributed by atoms with Crippen molar-refractivity contribution in [1.82, 2.24) is 4.57 Å². The van der Waals surface area contributed by atoms with Gasteiger partial charge in [-0.2, -0.15) is 0 Å². The molecule has 0 aliphatic carbocycles. The molecular formula is C14H12ClNO3. The summed E-state index contributed by atoms with van der Waals surface area (Å²) in [5.41, 5.74) is 1.49. The Hall–Kier alpha value is -2.07. The Morgan fingerprint density at radius 2 is 2.11 bits per heavy atom. The second-order valence-electron chi connectivity index (χ2n) is 4.22. The largest absolute Gasteiger partial charge is 0.481 e. The molecule has 2 rings (SSSR count). The number of rotatable bonds is 3. The molecule has 0 aliphatic heterocycles. The van der Waals surface area contributed by atoms with Gasteiger partial charge in [-0.15, -0.1) is 0 Å². The highest BCUT2D eigenvalue weighted by Crippen LogP contribution is 2.16. The zero-order chi connectivity index (χ0) is 14.0. The van der Waals surface area contributed by atoms with E-state index in [2.05, 4.69) is 0 Å². The predicted octanol–water partition coefficient (Wildman–Crippen LogP) is 2.43. The van der Waals surface area contributed by atoms with Gasteiger partial charge in [0.25, 0.3) is 0 Å². The summed E-state index contributed by atoms with van der Waals surface area (Å²) in [6.07, 6.45) is 1.26. The van der Waals surface area contributed by atoms with Crippen LogP contribution in [0.5, 0.6) is 0 Å². The van der Waals surface area contributed by atoms with Gasteiger partial charge in [0.2, 0.25) is 0 Å². The molecule has 19 heavy (non-hydrogen) atoms. The minimum atomic E-state index is -1.03. The third-order valence-corrected chi connectivity index (χ3v) is 2.98. The molecule has 1 aromatic heterocycles. The molecule has 0 fully saturated rings. The number of hydrogen-bond donors (Lipinski definition) is 1. The van der Waals surface area contributed by atoms with Crippen LogP contribution in [0.4, 0.5) is 0 Å². The lowest BCUT2D eigenvalue weighted by molar-refractivity contribution is -0.136. The van der Waals surface area contributed by atoms with Crippen molar-refractivity contribution in [2.75, 3.05) is 0 Å².